The smallest absolute Gasteiger partial charge is 0.258 e. The van der Waals surface area contributed by atoms with Crippen LogP contribution in [-0.2, 0) is 16.1 Å². The molecule has 26 heavy (non-hydrogen) atoms. The van der Waals surface area contributed by atoms with Gasteiger partial charge in [0.25, 0.3) is 5.91 Å². The first kappa shape index (κ1) is 18.5. The van der Waals surface area contributed by atoms with E-state index in [4.69, 9.17) is 27.9 Å². The third-order valence-electron chi connectivity index (χ3n) is 4.06. The number of rotatable bonds is 6. The molecule has 0 atom stereocenters. The standard InChI is InChI=1S/C19H18Cl2N2O3/c20-14-7-6-13(17(21)9-14)11-22-18(24)12-26-16-4-1-3-15(10-16)23-8-2-5-19(23)25/h1,3-4,6-7,9-10H,2,5,8,11-12H2,(H,22,24). The third-order valence-corrected chi connectivity index (χ3v) is 4.65. The second-order valence-corrected chi connectivity index (χ2v) is 6.79. The molecular weight excluding hydrogens is 375 g/mol. The lowest BCUT2D eigenvalue weighted by molar-refractivity contribution is -0.123. The molecule has 0 radical (unpaired) electrons. The van der Waals surface area contributed by atoms with Crippen molar-refractivity contribution in [1.29, 1.82) is 0 Å². The van der Waals surface area contributed by atoms with Crippen molar-refractivity contribution in [3.8, 4) is 5.75 Å². The molecule has 1 saturated heterocycles. The van der Waals surface area contributed by atoms with Gasteiger partial charge in [-0.2, -0.15) is 0 Å². The number of carbonyl (C=O) groups excluding carboxylic acids is 2. The van der Waals surface area contributed by atoms with E-state index in [0.717, 1.165) is 17.7 Å². The summed E-state index contributed by atoms with van der Waals surface area (Å²) in [6.07, 6.45) is 1.43. The SMILES string of the molecule is O=C(COc1cccc(N2CCCC2=O)c1)NCc1ccc(Cl)cc1Cl. The number of ether oxygens (including phenoxy) is 1. The molecule has 2 amide bonds. The molecule has 0 aromatic heterocycles. The number of nitrogens with zero attached hydrogens (tertiary/aromatic N) is 1. The van der Waals surface area contributed by atoms with Crippen molar-refractivity contribution in [1.82, 2.24) is 5.32 Å². The highest BCUT2D eigenvalue weighted by Gasteiger charge is 2.21. The van der Waals surface area contributed by atoms with E-state index >= 15 is 0 Å². The largest absolute Gasteiger partial charge is 0.484 e. The second-order valence-electron chi connectivity index (χ2n) is 5.95. The quantitative estimate of drug-likeness (QED) is 0.812. The Hall–Kier alpha value is -2.24. The van der Waals surface area contributed by atoms with E-state index in [9.17, 15) is 9.59 Å². The fraction of sp³-hybridized carbons (Fsp3) is 0.263. The summed E-state index contributed by atoms with van der Waals surface area (Å²) in [5.41, 5.74) is 1.57. The molecule has 7 heteroatoms. The van der Waals surface area contributed by atoms with Crippen molar-refractivity contribution in [2.45, 2.75) is 19.4 Å². The van der Waals surface area contributed by atoms with Crippen LogP contribution in [-0.4, -0.2) is 25.0 Å². The first-order chi connectivity index (χ1) is 12.5. The monoisotopic (exact) mass is 392 g/mol. The van der Waals surface area contributed by atoms with Crippen LogP contribution in [0.2, 0.25) is 10.0 Å². The van der Waals surface area contributed by atoms with Crippen LogP contribution in [0.1, 0.15) is 18.4 Å². The van der Waals surface area contributed by atoms with Crippen molar-refractivity contribution in [3.05, 3.63) is 58.1 Å². The Bertz CT molecular complexity index is 826. The molecule has 2 aromatic carbocycles. The minimum absolute atomic E-state index is 0.111. The summed E-state index contributed by atoms with van der Waals surface area (Å²) in [5.74, 6) is 0.389. The molecule has 1 heterocycles. The minimum atomic E-state index is -0.265. The maximum atomic E-state index is 12.0. The van der Waals surface area contributed by atoms with Gasteiger partial charge in [-0.1, -0.05) is 35.3 Å². The Morgan fingerprint density at radius 1 is 1.19 bits per heavy atom. The fourth-order valence-electron chi connectivity index (χ4n) is 2.72. The van der Waals surface area contributed by atoms with Crippen molar-refractivity contribution in [2.75, 3.05) is 18.1 Å². The fourth-order valence-corrected chi connectivity index (χ4v) is 3.20. The minimum Gasteiger partial charge on any atom is -0.484 e. The van der Waals surface area contributed by atoms with Gasteiger partial charge in [0.1, 0.15) is 5.75 Å². The van der Waals surface area contributed by atoms with Crippen LogP contribution in [0, 0.1) is 0 Å². The zero-order chi connectivity index (χ0) is 18.5. The molecule has 1 aliphatic rings. The number of halogens is 2. The summed E-state index contributed by atoms with van der Waals surface area (Å²) in [6.45, 7) is 0.883. The predicted octanol–water partition coefficient (Wildman–Crippen LogP) is 3.82. The van der Waals surface area contributed by atoms with Gasteiger partial charge in [-0.25, -0.2) is 0 Å². The van der Waals surface area contributed by atoms with Crippen molar-refractivity contribution < 1.29 is 14.3 Å². The van der Waals surface area contributed by atoms with Gasteiger partial charge in [-0.3, -0.25) is 9.59 Å². The molecule has 0 bridgehead atoms. The molecular formula is C19H18Cl2N2O3. The second kappa shape index (κ2) is 8.43. The van der Waals surface area contributed by atoms with Gasteiger partial charge >= 0.3 is 0 Å². The summed E-state index contributed by atoms with van der Waals surface area (Å²) in [7, 11) is 0. The van der Waals surface area contributed by atoms with Crippen LogP contribution in [0.5, 0.6) is 5.75 Å². The zero-order valence-corrected chi connectivity index (χ0v) is 15.5. The van der Waals surface area contributed by atoms with Gasteiger partial charge in [-0.15, -0.1) is 0 Å². The van der Waals surface area contributed by atoms with Crippen molar-refractivity contribution in [3.63, 3.8) is 0 Å². The average molecular weight is 393 g/mol. The lowest BCUT2D eigenvalue weighted by Crippen LogP contribution is -2.28. The number of carbonyl (C=O) groups is 2. The highest BCUT2D eigenvalue weighted by molar-refractivity contribution is 6.35. The first-order valence-electron chi connectivity index (χ1n) is 8.27. The van der Waals surface area contributed by atoms with E-state index in [1.54, 1.807) is 35.2 Å². The van der Waals surface area contributed by atoms with Gasteiger partial charge in [-0.05, 0) is 36.2 Å². The van der Waals surface area contributed by atoms with E-state index in [0.29, 0.717) is 35.3 Å². The highest BCUT2D eigenvalue weighted by Crippen LogP contribution is 2.25. The maximum Gasteiger partial charge on any atom is 0.258 e. The van der Waals surface area contributed by atoms with E-state index in [1.807, 2.05) is 12.1 Å². The summed E-state index contributed by atoms with van der Waals surface area (Å²) < 4.78 is 5.54. The van der Waals surface area contributed by atoms with Crippen LogP contribution < -0.4 is 15.0 Å². The Morgan fingerprint density at radius 3 is 2.77 bits per heavy atom. The number of benzene rings is 2. The lowest BCUT2D eigenvalue weighted by Gasteiger charge is -2.16. The molecule has 2 aromatic rings. The van der Waals surface area contributed by atoms with E-state index in [1.165, 1.54) is 0 Å². The van der Waals surface area contributed by atoms with Crippen LogP contribution in [0.4, 0.5) is 5.69 Å². The van der Waals surface area contributed by atoms with Crippen LogP contribution in [0.15, 0.2) is 42.5 Å². The number of anilines is 1. The molecule has 1 N–H and O–H groups in total. The summed E-state index contributed by atoms with van der Waals surface area (Å²) in [5, 5.41) is 3.80. The van der Waals surface area contributed by atoms with E-state index in [-0.39, 0.29) is 18.4 Å². The van der Waals surface area contributed by atoms with Crippen molar-refractivity contribution >= 4 is 40.7 Å². The molecule has 0 aliphatic carbocycles. The Kier molecular flexibility index (Phi) is 6.01. The third kappa shape index (κ3) is 4.68. The van der Waals surface area contributed by atoms with Gasteiger partial charge < -0.3 is 15.0 Å². The maximum absolute atomic E-state index is 12.0. The Balaban J connectivity index is 1.52. The molecule has 3 rings (SSSR count). The normalized spacial score (nSPS) is 13.8. The molecule has 136 valence electrons. The summed E-state index contributed by atoms with van der Waals surface area (Å²) >= 11 is 11.9. The van der Waals surface area contributed by atoms with Crippen LogP contribution in [0.3, 0.4) is 0 Å². The predicted molar refractivity (Wildman–Crippen MR) is 102 cm³/mol. The van der Waals surface area contributed by atoms with E-state index in [2.05, 4.69) is 5.32 Å². The summed E-state index contributed by atoms with van der Waals surface area (Å²) in [6, 6.07) is 12.3. The number of amides is 2. The number of hydrogen-bond acceptors (Lipinski definition) is 3. The molecule has 0 saturated carbocycles. The zero-order valence-electron chi connectivity index (χ0n) is 14.0. The molecule has 1 fully saturated rings. The van der Waals surface area contributed by atoms with Crippen molar-refractivity contribution in [2.24, 2.45) is 0 Å². The van der Waals surface area contributed by atoms with Crippen LogP contribution in [0.25, 0.3) is 0 Å². The van der Waals surface area contributed by atoms with Gasteiger partial charge in [0.15, 0.2) is 6.61 Å². The first-order valence-corrected chi connectivity index (χ1v) is 9.02. The molecule has 1 aliphatic heterocycles. The topological polar surface area (TPSA) is 58.6 Å². The average Bonchev–Trinajstić information content (AvgIpc) is 3.05. The number of hydrogen-bond donors (Lipinski definition) is 1. The van der Waals surface area contributed by atoms with Gasteiger partial charge in [0.05, 0.1) is 0 Å². The number of nitrogens with one attached hydrogen (secondary N) is 1. The van der Waals surface area contributed by atoms with Gasteiger partial charge in [0.2, 0.25) is 5.91 Å². The Labute approximate surface area is 161 Å². The van der Waals surface area contributed by atoms with Gasteiger partial charge in [0, 0.05) is 41.3 Å². The molecule has 0 spiro atoms. The molecule has 0 unspecified atom stereocenters. The van der Waals surface area contributed by atoms with E-state index < -0.39 is 0 Å². The molecule has 5 nitrogen and oxygen atoms in total. The van der Waals surface area contributed by atoms with Crippen LogP contribution >= 0.6 is 23.2 Å². The Morgan fingerprint density at radius 2 is 2.04 bits per heavy atom. The summed E-state index contributed by atoms with van der Waals surface area (Å²) in [4.78, 5) is 25.5. The lowest BCUT2D eigenvalue weighted by atomic mass is 10.2. The highest BCUT2D eigenvalue weighted by atomic mass is 35.5.